The van der Waals surface area contributed by atoms with Gasteiger partial charge in [-0.25, -0.2) is 0 Å². The Kier molecular flexibility index (Phi) is 5.57. The Morgan fingerprint density at radius 1 is 0.829 bits per heavy atom. The number of nitrogens with one attached hydrogen (secondary N) is 1. The van der Waals surface area contributed by atoms with E-state index in [2.05, 4.69) is 4.98 Å². The van der Waals surface area contributed by atoms with Crippen molar-refractivity contribution in [2.45, 2.75) is 30.6 Å². The van der Waals surface area contributed by atoms with Crippen LogP contribution < -0.4 is 0 Å². The average Bonchev–Trinajstić information content (AvgIpc) is 3.56. The Balaban J connectivity index is 1.70. The number of imide groups is 1. The van der Waals surface area contributed by atoms with Gasteiger partial charge in [0.1, 0.15) is 35.9 Å². The van der Waals surface area contributed by atoms with E-state index in [1.807, 2.05) is 0 Å². The second kappa shape index (κ2) is 8.88. The molecule has 0 spiro atoms. The third-order valence-electron chi connectivity index (χ3n) is 8.12. The number of nitrogens with zero attached hydrogens (tertiary/aromatic N) is 2. The first kappa shape index (κ1) is 25.7. The molecule has 0 unspecified atom stereocenters. The van der Waals surface area contributed by atoms with Gasteiger partial charge in [0.2, 0.25) is 0 Å². The molecule has 5 atom stereocenters. The van der Waals surface area contributed by atoms with Crippen LogP contribution in [0, 0.1) is 0 Å². The van der Waals surface area contributed by atoms with Crippen LogP contribution in [0.3, 0.4) is 0 Å². The molecule has 13 heteroatoms. The molecule has 0 bridgehead atoms. The molecule has 1 saturated heterocycles. The van der Waals surface area contributed by atoms with Gasteiger partial charge in [-0.3, -0.25) is 14.5 Å². The molecular weight excluding hydrogens is 538 g/mol. The second-order valence-corrected chi connectivity index (χ2v) is 10.4. The van der Waals surface area contributed by atoms with Gasteiger partial charge in [-0.15, -0.1) is 0 Å². The number of hydrogen-bond donors (Lipinski definition) is 8. The number of carbonyl (C=O) groups is 2. The van der Waals surface area contributed by atoms with Gasteiger partial charge in [-0.2, -0.15) is 0 Å². The molecule has 7 rings (SSSR count). The number of H-pyrrole nitrogens is 1. The Morgan fingerprint density at radius 3 is 2.17 bits per heavy atom. The average molecular weight is 564 g/mol. The van der Waals surface area contributed by atoms with Crippen LogP contribution in [-0.4, -0.2) is 106 Å². The molecule has 2 aliphatic rings. The molecule has 4 heterocycles. The number of ether oxygens (including phenoxy) is 1. The number of amides is 2. The van der Waals surface area contributed by atoms with Crippen LogP contribution in [0.25, 0.3) is 43.6 Å². The quantitative estimate of drug-likeness (QED) is 0.141. The molecule has 212 valence electrons. The van der Waals surface area contributed by atoms with Crippen molar-refractivity contribution >= 4 is 55.4 Å². The van der Waals surface area contributed by atoms with Crippen LogP contribution in [0.15, 0.2) is 36.4 Å². The van der Waals surface area contributed by atoms with Crippen molar-refractivity contribution in [1.29, 1.82) is 0 Å². The highest BCUT2D eigenvalue weighted by Gasteiger charge is 2.47. The lowest BCUT2D eigenvalue weighted by Gasteiger charge is -2.41. The van der Waals surface area contributed by atoms with Gasteiger partial charge in [0.15, 0.2) is 6.23 Å². The largest absolute Gasteiger partial charge is 0.508 e. The monoisotopic (exact) mass is 563 g/mol. The first-order valence-corrected chi connectivity index (χ1v) is 12.9. The topological polar surface area (TPSA) is 209 Å². The molecule has 41 heavy (non-hydrogen) atoms. The van der Waals surface area contributed by atoms with Crippen LogP contribution in [0.1, 0.15) is 26.9 Å². The van der Waals surface area contributed by atoms with E-state index in [1.165, 1.54) is 34.9 Å². The number of aromatic hydroxyl groups is 2. The predicted molar refractivity (Wildman–Crippen MR) is 144 cm³/mol. The number of fused-ring (bicyclic) bond motifs is 10. The number of carbonyl (C=O) groups excluding carboxylic acids is 2. The number of β-amino-alcohol motifs (C(OH)–C–C–N with tert-alkyl or cyclic N) is 1. The van der Waals surface area contributed by atoms with E-state index in [0.29, 0.717) is 32.7 Å². The predicted octanol–water partition coefficient (Wildman–Crippen LogP) is 0.401. The van der Waals surface area contributed by atoms with E-state index in [0.717, 1.165) is 4.90 Å². The lowest BCUT2D eigenvalue weighted by Crippen LogP contribution is -2.56. The zero-order chi connectivity index (χ0) is 28.9. The van der Waals surface area contributed by atoms with Crippen molar-refractivity contribution < 1.29 is 50.1 Å². The number of hydrogen-bond acceptors (Lipinski definition) is 10. The number of aliphatic hydroxyl groups excluding tert-OH is 5. The van der Waals surface area contributed by atoms with Crippen LogP contribution in [-0.2, 0) is 4.74 Å². The van der Waals surface area contributed by atoms with Crippen molar-refractivity contribution in [3.05, 3.63) is 47.5 Å². The van der Waals surface area contributed by atoms with E-state index < -0.39 is 55.7 Å². The molecule has 2 amide bonds. The van der Waals surface area contributed by atoms with Gasteiger partial charge >= 0.3 is 0 Å². The van der Waals surface area contributed by atoms with Gasteiger partial charge in [0.05, 0.1) is 47.4 Å². The smallest absolute Gasteiger partial charge is 0.262 e. The fourth-order valence-corrected chi connectivity index (χ4v) is 6.32. The summed E-state index contributed by atoms with van der Waals surface area (Å²) < 4.78 is 7.43. The zero-order valence-corrected chi connectivity index (χ0v) is 21.2. The van der Waals surface area contributed by atoms with E-state index in [4.69, 9.17) is 4.74 Å². The van der Waals surface area contributed by atoms with Crippen molar-refractivity contribution in [1.82, 2.24) is 14.5 Å². The number of benzene rings is 3. The van der Waals surface area contributed by atoms with E-state index in [9.17, 15) is 45.3 Å². The highest BCUT2D eigenvalue weighted by Crippen LogP contribution is 2.48. The van der Waals surface area contributed by atoms with E-state index >= 15 is 0 Å². The third-order valence-corrected chi connectivity index (χ3v) is 8.12. The second-order valence-electron chi connectivity index (χ2n) is 10.4. The minimum absolute atomic E-state index is 0.00543. The zero-order valence-electron chi connectivity index (χ0n) is 21.2. The van der Waals surface area contributed by atoms with Crippen LogP contribution in [0.2, 0.25) is 0 Å². The summed E-state index contributed by atoms with van der Waals surface area (Å²) in [6.45, 7) is -1.40. The van der Waals surface area contributed by atoms with Gasteiger partial charge in [-0.1, -0.05) is 0 Å². The normalized spacial score (nSPS) is 24.9. The number of aromatic nitrogens is 2. The first-order chi connectivity index (χ1) is 19.7. The lowest BCUT2D eigenvalue weighted by atomic mass is 9.96. The highest BCUT2D eigenvalue weighted by molar-refractivity contribution is 6.39. The lowest BCUT2D eigenvalue weighted by molar-refractivity contribution is -0.249. The Morgan fingerprint density at radius 2 is 1.49 bits per heavy atom. The Labute approximate surface area is 229 Å². The van der Waals surface area contributed by atoms with Crippen LogP contribution in [0.4, 0.5) is 0 Å². The fraction of sp³-hybridized carbons (Fsp3) is 0.286. The number of phenolic OH excluding ortho intramolecular Hbond substituents is 2. The highest BCUT2D eigenvalue weighted by atomic mass is 16.6. The summed E-state index contributed by atoms with van der Waals surface area (Å²) in [4.78, 5) is 31.7. The Hall–Kier alpha value is -4.24. The van der Waals surface area contributed by atoms with Gasteiger partial charge in [0, 0.05) is 27.1 Å². The maximum Gasteiger partial charge on any atom is 0.262 e. The molecule has 5 aromatic rings. The maximum absolute atomic E-state index is 13.8. The Bertz CT molecular complexity index is 1930. The summed E-state index contributed by atoms with van der Waals surface area (Å²) in [6.07, 6.45) is -7.65. The summed E-state index contributed by atoms with van der Waals surface area (Å²) in [6, 6.07) is 8.79. The minimum atomic E-state index is -1.71. The molecule has 13 nitrogen and oxygen atoms in total. The van der Waals surface area contributed by atoms with Crippen molar-refractivity contribution in [3.63, 3.8) is 0 Å². The number of phenols is 2. The number of aromatic amines is 1. The summed E-state index contributed by atoms with van der Waals surface area (Å²) in [5.74, 6) is -1.57. The summed E-state index contributed by atoms with van der Waals surface area (Å²) in [5.41, 5.74) is 1.50. The molecule has 3 aromatic carbocycles. The summed E-state index contributed by atoms with van der Waals surface area (Å²) in [7, 11) is 0. The molecule has 0 aliphatic carbocycles. The molecule has 0 radical (unpaired) electrons. The molecule has 1 fully saturated rings. The molecule has 2 aromatic heterocycles. The van der Waals surface area contributed by atoms with Gasteiger partial charge < -0.3 is 50.0 Å². The third kappa shape index (κ3) is 3.32. The molecular formula is C28H25N3O10. The van der Waals surface area contributed by atoms with Crippen molar-refractivity contribution in [2.75, 3.05) is 19.8 Å². The summed E-state index contributed by atoms with van der Waals surface area (Å²) >= 11 is 0. The maximum atomic E-state index is 13.8. The van der Waals surface area contributed by atoms with Gasteiger partial charge in [0.25, 0.3) is 11.8 Å². The van der Waals surface area contributed by atoms with Crippen molar-refractivity contribution in [3.8, 4) is 11.5 Å². The van der Waals surface area contributed by atoms with Gasteiger partial charge in [-0.05, 0) is 36.4 Å². The van der Waals surface area contributed by atoms with Crippen LogP contribution >= 0.6 is 0 Å². The fourth-order valence-electron chi connectivity index (χ4n) is 6.32. The van der Waals surface area contributed by atoms with E-state index in [1.54, 1.807) is 6.07 Å². The molecule has 0 saturated carbocycles. The van der Waals surface area contributed by atoms with E-state index in [-0.39, 0.29) is 40.1 Å². The van der Waals surface area contributed by atoms with Crippen molar-refractivity contribution in [2.24, 2.45) is 0 Å². The molecule has 2 aliphatic heterocycles. The standard InChI is InChI=1S/C28H25N3O10/c32-6-5-30-26(39)19-17-12-7-10(34)1-3-14(12)29-21(17)22-18(20(19)27(30)40)13-8-11(35)2-4-15(13)31(22)28-25(38)24(37)23(36)16(9-33)41-28/h1-4,7-8,16,23-25,28-29,32-38H,5-6,9H2/t16-,23-,24+,25-,28-/m1/s1. The SMILES string of the molecule is O=C1c2c(c3c4cc(O)ccc4n([C@@H]4O[C@H](CO)[C@@H](O)[C@H](O)[C@H]4O)c3c3[nH]c4ccc(O)cc4c23)C(=O)N1CCO. The number of aliphatic hydroxyl groups is 5. The first-order valence-electron chi connectivity index (χ1n) is 12.9. The molecule has 8 N–H and O–H groups in total. The minimum Gasteiger partial charge on any atom is -0.508 e. The summed E-state index contributed by atoms with van der Waals surface area (Å²) in [5, 5.41) is 73.7. The number of rotatable bonds is 4. The van der Waals surface area contributed by atoms with Crippen LogP contribution in [0.5, 0.6) is 11.5 Å².